The minimum Gasteiger partial charge on any atom is -0.341 e. The highest BCUT2D eigenvalue weighted by Gasteiger charge is 2.13. The summed E-state index contributed by atoms with van der Waals surface area (Å²) in [6.45, 7) is 7.98. The van der Waals surface area contributed by atoms with Crippen LogP contribution in [0.2, 0.25) is 0 Å². The van der Waals surface area contributed by atoms with E-state index in [0.29, 0.717) is 11.6 Å². The van der Waals surface area contributed by atoms with Gasteiger partial charge >= 0.3 is 0 Å². The third-order valence-electron chi connectivity index (χ3n) is 3.56. The van der Waals surface area contributed by atoms with E-state index in [0.717, 1.165) is 41.7 Å². The highest BCUT2D eigenvalue weighted by Crippen LogP contribution is 2.20. The second kappa shape index (κ2) is 8.78. The van der Waals surface area contributed by atoms with Crippen LogP contribution in [0.1, 0.15) is 42.7 Å². The summed E-state index contributed by atoms with van der Waals surface area (Å²) in [6, 6.07) is 7.34. The molecule has 0 unspecified atom stereocenters. The predicted molar refractivity (Wildman–Crippen MR) is 102 cm³/mol. The number of benzene rings is 1. The largest absolute Gasteiger partial charge is 0.341 e. The van der Waals surface area contributed by atoms with Crippen LogP contribution in [-0.4, -0.2) is 29.0 Å². The minimum atomic E-state index is -0.228. The van der Waals surface area contributed by atoms with E-state index in [2.05, 4.69) is 50.0 Å². The summed E-state index contributed by atoms with van der Waals surface area (Å²) in [4.78, 5) is 23.3. The van der Waals surface area contributed by atoms with Gasteiger partial charge in [-0.05, 0) is 49.6 Å². The van der Waals surface area contributed by atoms with Gasteiger partial charge in [0.1, 0.15) is 5.69 Å². The van der Waals surface area contributed by atoms with Gasteiger partial charge in [-0.25, -0.2) is 9.97 Å². The van der Waals surface area contributed by atoms with Crippen molar-refractivity contribution in [2.45, 2.75) is 33.6 Å². The van der Waals surface area contributed by atoms with Gasteiger partial charge in [0.25, 0.3) is 5.91 Å². The van der Waals surface area contributed by atoms with E-state index < -0.39 is 0 Å². The maximum atomic E-state index is 12.5. The molecule has 5 nitrogen and oxygen atoms in total. The normalized spacial score (nSPS) is 10.5. The third-order valence-corrected chi connectivity index (χ3v) is 4.45. The number of rotatable bonds is 7. The standard InChI is InChI=1S/C18H23BrN4O/c1-4-10-23(11-5-2)18-20-9-8-16(22-18)17(24)21-14-6-7-15(19)13(3)12-14/h6-9,12H,4-5,10-11H2,1-3H3,(H,21,24). The summed E-state index contributed by atoms with van der Waals surface area (Å²) < 4.78 is 1.01. The van der Waals surface area contributed by atoms with Gasteiger partial charge in [0, 0.05) is 29.4 Å². The van der Waals surface area contributed by atoms with Gasteiger partial charge in [-0.3, -0.25) is 4.79 Å². The van der Waals surface area contributed by atoms with E-state index in [1.54, 1.807) is 12.3 Å². The number of carbonyl (C=O) groups excluding carboxylic acids is 1. The predicted octanol–water partition coefficient (Wildman–Crippen LogP) is 4.43. The van der Waals surface area contributed by atoms with Gasteiger partial charge in [-0.1, -0.05) is 29.8 Å². The Morgan fingerprint density at radius 1 is 1.21 bits per heavy atom. The Morgan fingerprint density at radius 2 is 1.92 bits per heavy atom. The van der Waals surface area contributed by atoms with Crippen molar-refractivity contribution in [3.05, 3.63) is 46.2 Å². The Hall–Kier alpha value is -1.95. The first-order valence-corrected chi connectivity index (χ1v) is 9.00. The number of aryl methyl sites for hydroxylation is 1. The zero-order valence-corrected chi connectivity index (χ0v) is 15.9. The Kier molecular flexibility index (Phi) is 6.73. The lowest BCUT2D eigenvalue weighted by Gasteiger charge is -2.21. The molecule has 24 heavy (non-hydrogen) atoms. The topological polar surface area (TPSA) is 58.1 Å². The lowest BCUT2D eigenvalue weighted by atomic mass is 10.2. The molecule has 0 fully saturated rings. The molecule has 0 atom stereocenters. The molecule has 0 spiro atoms. The van der Waals surface area contributed by atoms with Crippen molar-refractivity contribution < 1.29 is 4.79 Å². The van der Waals surface area contributed by atoms with Crippen LogP contribution in [-0.2, 0) is 0 Å². The van der Waals surface area contributed by atoms with Crippen molar-refractivity contribution in [1.29, 1.82) is 0 Å². The van der Waals surface area contributed by atoms with Crippen LogP contribution in [0, 0.1) is 6.92 Å². The highest BCUT2D eigenvalue weighted by molar-refractivity contribution is 9.10. The number of aromatic nitrogens is 2. The quantitative estimate of drug-likeness (QED) is 0.759. The molecule has 1 heterocycles. The average Bonchev–Trinajstić information content (AvgIpc) is 2.58. The molecule has 0 aliphatic carbocycles. The van der Waals surface area contributed by atoms with Crippen molar-refractivity contribution in [2.24, 2.45) is 0 Å². The number of nitrogens with zero attached hydrogens (tertiary/aromatic N) is 3. The molecule has 128 valence electrons. The molecule has 1 N–H and O–H groups in total. The molecule has 0 saturated carbocycles. The van der Waals surface area contributed by atoms with E-state index >= 15 is 0 Å². The molecule has 2 rings (SSSR count). The second-order valence-corrected chi connectivity index (χ2v) is 6.50. The van der Waals surface area contributed by atoms with Crippen LogP contribution < -0.4 is 10.2 Å². The summed E-state index contributed by atoms with van der Waals surface area (Å²) in [6.07, 6.45) is 3.66. The summed E-state index contributed by atoms with van der Waals surface area (Å²) in [5.41, 5.74) is 2.19. The first-order chi connectivity index (χ1) is 11.5. The molecule has 1 aromatic heterocycles. The van der Waals surface area contributed by atoms with Gasteiger partial charge in [0.2, 0.25) is 5.95 Å². The average molecular weight is 391 g/mol. The van der Waals surface area contributed by atoms with Crippen LogP contribution >= 0.6 is 15.9 Å². The van der Waals surface area contributed by atoms with Gasteiger partial charge in [0.15, 0.2) is 0 Å². The number of amides is 1. The first kappa shape index (κ1) is 18.4. The van der Waals surface area contributed by atoms with E-state index in [4.69, 9.17) is 0 Å². The Morgan fingerprint density at radius 3 is 2.54 bits per heavy atom. The van der Waals surface area contributed by atoms with Crippen molar-refractivity contribution in [3.8, 4) is 0 Å². The van der Waals surface area contributed by atoms with E-state index in [1.807, 2.05) is 25.1 Å². The lowest BCUT2D eigenvalue weighted by molar-refractivity contribution is 0.102. The van der Waals surface area contributed by atoms with E-state index in [-0.39, 0.29) is 5.91 Å². The minimum absolute atomic E-state index is 0.228. The Bertz CT molecular complexity index is 699. The number of nitrogens with one attached hydrogen (secondary N) is 1. The van der Waals surface area contributed by atoms with Crippen LogP contribution in [0.5, 0.6) is 0 Å². The number of hydrogen-bond donors (Lipinski definition) is 1. The molecule has 0 aliphatic heterocycles. The van der Waals surface area contributed by atoms with Crippen LogP contribution in [0.25, 0.3) is 0 Å². The molecular formula is C18H23BrN4O. The van der Waals surface area contributed by atoms with Crippen molar-refractivity contribution in [1.82, 2.24) is 9.97 Å². The molecular weight excluding hydrogens is 368 g/mol. The monoisotopic (exact) mass is 390 g/mol. The van der Waals surface area contributed by atoms with E-state index in [9.17, 15) is 4.79 Å². The number of carbonyl (C=O) groups is 1. The molecule has 0 aliphatic rings. The molecule has 0 bridgehead atoms. The summed E-state index contributed by atoms with van der Waals surface area (Å²) in [7, 11) is 0. The van der Waals surface area contributed by atoms with Gasteiger partial charge in [0.05, 0.1) is 0 Å². The maximum Gasteiger partial charge on any atom is 0.274 e. The molecule has 0 radical (unpaired) electrons. The van der Waals surface area contributed by atoms with Gasteiger partial charge in [-0.15, -0.1) is 0 Å². The zero-order chi connectivity index (χ0) is 17.5. The lowest BCUT2D eigenvalue weighted by Crippen LogP contribution is -2.27. The van der Waals surface area contributed by atoms with Crippen molar-refractivity contribution >= 4 is 33.5 Å². The maximum absolute atomic E-state index is 12.5. The van der Waals surface area contributed by atoms with E-state index in [1.165, 1.54) is 0 Å². The van der Waals surface area contributed by atoms with Crippen molar-refractivity contribution in [3.63, 3.8) is 0 Å². The second-order valence-electron chi connectivity index (χ2n) is 5.65. The number of halogens is 1. The van der Waals surface area contributed by atoms with Crippen LogP contribution in [0.3, 0.4) is 0 Å². The summed E-state index contributed by atoms with van der Waals surface area (Å²) in [5.74, 6) is 0.381. The Balaban J connectivity index is 2.17. The third kappa shape index (κ3) is 4.77. The summed E-state index contributed by atoms with van der Waals surface area (Å²) in [5, 5.41) is 2.89. The molecule has 0 saturated heterocycles. The molecule has 2 aromatic rings. The summed E-state index contributed by atoms with van der Waals surface area (Å²) >= 11 is 3.46. The number of anilines is 2. The zero-order valence-electron chi connectivity index (χ0n) is 14.3. The molecule has 1 amide bonds. The van der Waals surface area contributed by atoms with Crippen LogP contribution in [0.4, 0.5) is 11.6 Å². The van der Waals surface area contributed by atoms with Crippen LogP contribution in [0.15, 0.2) is 34.9 Å². The fourth-order valence-electron chi connectivity index (χ4n) is 2.40. The number of hydrogen-bond acceptors (Lipinski definition) is 4. The highest BCUT2D eigenvalue weighted by atomic mass is 79.9. The molecule has 6 heteroatoms. The smallest absolute Gasteiger partial charge is 0.274 e. The fraction of sp³-hybridized carbons (Fsp3) is 0.389. The van der Waals surface area contributed by atoms with Crippen molar-refractivity contribution in [2.75, 3.05) is 23.3 Å². The van der Waals surface area contributed by atoms with Gasteiger partial charge in [-0.2, -0.15) is 0 Å². The first-order valence-electron chi connectivity index (χ1n) is 8.20. The molecule has 1 aromatic carbocycles. The Labute approximate surface area is 151 Å². The SMILES string of the molecule is CCCN(CCC)c1nccc(C(=O)Nc2ccc(Br)c(C)c2)n1. The van der Waals surface area contributed by atoms with Gasteiger partial charge < -0.3 is 10.2 Å². The fourth-order valence-corrected chi connectivity index (χ4v) is 2.64.